The second kappa shape index (κ2) is 7.85. The largest absolute Gasteiger partial charge is 0.350 e. The van der Waals surface area contributed by atoms with E-state index < -0.39 is 14.7 Å². The molecule has 1 aromatic heterocycles. The zero-order valence-corrected chi connectivity index (χ0v) is 16.4. The van der Waals surface area contributed by atoms with E-state index in [-0.39, 0.29) is 10.7 Å². The van der Waals surface area contributed by atoms with E-state index in [9.17, 15) is 18.5 Å². The van der Waals surface area contributed by atoms with E-state index in [4.69, 9.17) is 11.6 Å². The molecule has 0 fully saturated rings. The van der Waals surface area contributed by atoms with Crippen LogP contribution < -0.4 is 0 Å². The smallest absolute Gasteiger partial charge is 0.216 e. The summed E-state index contributed by atoms with van der Waals surface area (Å²) in [6, 6.07) is 17.5. The number of benzene rings is 2. The van der Waals surface area contributed by atoms with Gasteiger partial charge in [-0.05, 0) is 48.5 Å². The average molecular weight is 411 g/mol. The molecule has 0 saturated heterocycles. The number of carbonyl (C=O) groups excluding carboxylic acids is 1. The molecule has 0 atom stereocenters. The van der Waals surface area contributed by atoms with Gasteiger partial charge < -0.3 is 4.57 Å². The van der Waals surface area contributed by atoms with Crippen molar-refractivity contribution in [2.24, 2.45) is 7.05 Å². The molecule has 0 radical (unpaired) electrons. The van der Waals surface area contributed by atoms with Crippen molar-refractivity contribution in [1.29, 1.82) is 5.26 Å². The summed E-state index contributed by atoms with van der Waals surface area (Å²) in [5, 5.41) is 9.93. The van der Waals surface area contributed by atoms with Crippen molar-refractivity contribution >= 4 is 33.3 Å². The van der Waals surface area contributed by atoms with E-state index in [2.05, 4.69) is 0 Å². The molecule has 28 heavy (non-hydrogen) atoms. The lowest BCUT2D eigenvalue weighted by atomic mass is 10.1. The fourth-order valence-corrected chi connectivity index (χ4v) is 3.94. The summed E-state index contributed by atoms with van der Waals surface area (Å²) in [5.41, 5.74) is 1.27. The van der Waals surface area contributed by atoms with Gasteiger partial charge in [-0.2, -0.15) is 5.26 Å². The maximum Gasteiger partial charge on any atom is 0.216 e. The predicted molar refractivity (Wildman–Crippen MR) is 108 cm³/mol. The molecule has 0 N–H and O–H groups in total. The first-order chi connectivity index (χ1) is 13.3. The third kappa shape index (κ3) is 3.91. The first kappa shape index (κ1) is 19.6. The molecule has 5 nitrogen and oxygen atoms in total. The van der Waals surface area contributed by atoms with Crippen LogP contribution in [0.25, 0.3) is 6.08 Å². The molecule has 2 aromatic carbocycles. The Hall–Kier alpha value is -3.14. The predicted octanol–water partition coefficient (Wildman–Crippen LogP) is 4.25. The van der Waals surface area contributed by atoms with Crippen molar-refractivity contribution in [2.75, 3.05) is 0 Å². The summed E-state index contributed by atoms with van der Waals surface area (Å²) >= 11 is 5.85. The number of hydrogen-bond acceptors (Lipinski definition) is 4. The summed E-state index contributed by atoms with van der Waals surface area (Å²) in [4.78, 5) is 12.3. The summed E-state index contributed by atoms with van der Waals surface area (Å²) in [5.74, 6) is -0.226. The van der Waals surface area contributed by atoms with Crippen LogP contribution in [0.2, 0.25) is 5.02 Å². The van der Waals surface area contributed by atoms with Crippen LogP contribution in [0.4, 0.5) is 0 Å². The zero-order chi connectivity index (χ0) is 20.3. The minimum absolute atomic E-state index is 0.0365. The molecule has 3 aromatic rings. The highest BCUT2D eigenvalue weighted by atomic mass is 35.5. The molecule has 0 unspecified atom stereocenters. The number of rotatable bonds is 5. The van der Waals surface area contributed by atoms with Gasteiger partial charge in [0.25, 0.3) is 0 Å². The van der Waals surface area contributed by atoms with Crippen LogP contribution in [0.5, 0.6) is 0 Å². The number of aromatic nitrogens is 1. The maximum absolute atomic E-state index is 12.7. The normalized spacial score (nSPS) is 11.8. The minimum atomic E-state index is -3.95. The molecule has 1 heterocycles. The first-order valence-electron chi connectivity index (χ1n) is 8.21. The molecular weight excluding hydrogens is 396 g/mol. The van der Waals surface area contributed by atoms with Gasteiger partial charge >= 0.3 is 0 Å². The van der Waals surface area contributed by atoms with Crippen LogP contribution in [0.1, 0.15) is 21.6 Å². The van der Waals surface area contributed by atoms with Crippen LogP contribution in [-0.4, -0.2) is 18.8 Å². The summed E-state index contributed by atoms with van der Waals surface area (Å²) in [7, 11) is -2.27. The van der Waals surface area contributed by atoms with Gasteiger partial charge in [-0.25, -0.2) is 8.42 Å². The Labute approximate surface area is 168 Å². The monoisotopic (exact) mass is 410 g/mol. The summed E-state index contributed by atoms with van der Waals surface area (Å²) in [6.07, 6.45) is 2.86. The Morgan fingerprint density at radius 2 is 1.71 bits per heavy atom. The number of allylic oxidation sites excluding steroid dienone is 1. The second-order valence-electron chi connectivity index (χ2n) is 6.04. The molecule has 0 amide bonds. The average Bonchev–Trinajstić information content (AvgIpc) is 3.07. The van der Waals surface area contributed by atoms with Crippen LogP contribution in [0.3, 0.4) is 0 Å². The zero-order valence-electron chi connectivity index (χ0n) is 14.8. The van der Waals surface area contributed by atoms with Crippen LogP contribution in [0.15, 0.2) is 76.7 Å². The fraction of sp³-hybridized carbons (Fsp3) is 0.0476. The lowest BCUT2D eigenvalue weighted by Crippen LogP contribution is -2.04. The van der Waals surface area contributed by atoms with Crippen LogP contribution >= 0.6 is 11.6 Å². The van der Waals surface area contributed by atoms with Gasteiger partial charge in [0, 0.05) is 35.1 Å². The van der Waals surface area contributed by atoms with Crippen LogP contribution in [-0.2, 0) is 16.9 Å². The number of aryl methyl sites for hydroxylation is 1. The van der Waals surface area contributed by atoms with E-state index >= 15 is 0 Å². The van der Waals surface area contributed by atoms with Gasteiger partial charge in [0.1, 0.15) is 6.07 Å². The number of halogens is 1. The number of carbonyl (C=O) groups is 1. The van der Waals surface area contributed by atoms with Crippen molar-refractivity contribution in [2.45, 2.75) is 4.90 Å². The Morgan fingerprint density at radius 1 is 1.07 bits per heavy atom. The SMILES string of the molecule is Cn1cc(C(=O)c2ccc(Cl)cc2)cc1C=C(C#N)S(=O)(=O)c1ccccc1. The van der Waals surface area contributed by atoms with Gasteiger partial charge in [-0.1, -0.05) is 29.8 Å². The van der Waals surface area contributed by atoms with E-state index in [0.717, 1.165) is 0 Å². The number of nitrogens with zero attached hydrogens (tertiary/aromatic N) is 2. The topological polar surface area (TPSA) is 79.9 Å². The fourth-order valence-electron chi connectivity index (χ4n) is 2.65. The molecule has 140 valence electrons. The Kier molecular flexibility index (Phi) is 5.50. The lowest BCUT2D eigenvalue weighted by Gasteiger charge is -2.03. The lowest BCUT2D eigenvalue weighted by molar-refractivity contribution is 0.103. The molecule has 3 rings (SSSR count). The summed E-state index contributed by atoms with van der Waals surface area (Å²) < 4.78 is 27.0. The summed E-state index contributed by atoms with van der Waals surface area (Å²) in [6.45, 7) is 0. The highest BCUT2D eigenvalue weighted by Gasteiger charge is 2.21. The third-order valence-electron chi connectivity index (χ3n) is 4.14. The highest BCUT2D eigenvalue weighted by molar-refractivity contribution is 7.95. The first-order valence-corrected chi connectivity index (χ1v) is 10.1. The third-order valence-corrected chi connectivity index (χ3v) is 6.08. The molecule has 7 heteroatoms. The number of hydrogen-bond donors (Lipinski definition) is 0. The van der Waals surface area contributed by atoms with Crippen molar-refractivity contribution in [1.82, 2.24) is 4.57 Å². The molecule has 0 bridgehead atoms. The van der Waals surface area contributed by atoms with Gasteiger partial charge in [0.15, 0.2) is 10.7 Å². The highest BCUT2D eigenvalue weighted by Crippen LogP contribution is 2.22. The molecule has 0 aliphatic carbocycles. The standard InChI is InChI=1S/C21H15ClN2O3S/c1-24-14-16(21(25)15-7-9-17(22)10-8-15)11-18(24)12-20(13-23)28(26,27)19-5-3-2-4-6-19/h2-12,14H,1H3. The molecule has 0 aliphatic rings. The van der Waals surface area contributed by atoms with Gasteiger partial charge in [0.2, 0.25) is 9.84 Å². The van der Waals surface area contributed by atoms with Gasteiger partial charge in [-0.3, -0.25) is 4.79 Å². The minimum Gasteiger partial charge on any atom is -0.350 e. The molecule has 0 spiro atoms. The van der Waals surface area contributed by atoms with Crippen LogP contribution in [0, 0.1) is 11.3 Å². The van der Waals surface area contributed by atoms with Crippen molar-refractivity contribution in [3.8, 4) is 6.07 Å². The number of nitriles is 1. The van der Waals surface area contributed by atoms with Gasteiger partial charge in [0.05, 0.1) is 4.90 Å². The molecule has 0 aliphatic heterocycles. The quantitative estimate of drug-likeness (QED) is 0.465. The second-order valence-corrected chi connectivity index (χ2v) is 8.39. The van der Waals surface area contributed by atoms with E-state index in [1.165, 1.54) is 18.2 Å². The van der Waals surface area contributed by atoms with Crippen molar-refractivity contribution in [3.05, 3.63) is 93.6 Å². The molecule has 0 saturated carbocycles. The Bertz CT molecular complexity index is 1200. The van der Waals surface area contributed by atoms with Crippen molar-refractivity contribution < 1.29 is 13.2 Å². The Balaban J connectivity index is 1.99. The Morgan fingerprint density at radius 3 is 2.32 bits per heavy atom. The number of sulfone groups is 1. The van der Waals surface area contributed by atoms with E-state index in [0.29, 0.717) is 21.8 Å². The van der Waals surface area contributed by atoms with Gasteiger partial charge in [-0.15, -0.1) is 0 Å². The number of ketones is 1. The van der Waals surface area contributed by atoms with Crippen molar-refractivity contribution in [3.63, 3.8) is 0 Å². The van der Waals surface area contributed by atoms with E-state index in [1.54, 1.807) is 72.4 Å². The van der Waals surface area contributed by atoms with E-state index in [1.807, 2.05) is 0 Å². The molecular formula is C21H15ClN2O3S. The maximum atomic E-state index is 12.7.